The summed E-state index contributed by atoms with van der Waals surface area (Å²) < 4.78 is 5.16. The Morgan fingerprint density at radius 2 is 2.05 bits per heavy atom. The quantitative estimate of drug-likeness (QED) is 0.756. The van der Waals surface area contributed by atoms with Gasteiger partial charge in [0.15, 0.2) is 0 Å². The van der Waals surface area contributed by atoms with E-state index >= 15 is 0 Å². The molecule has 0 saturated carbocycles. The molecule has 7 heteroatoms. The number of hydrogen-bond acceptors (Lipinski definition) is 5. The van der Waals surface area contributed by atoms with Crippen LogP contribution in [0.25, 0.3) is 0 Å². The first-order valence-electron chi connectivity index (χ1n) is 7.24. The van der Waals surface area contributed by atoms with Crippen molar-refractivity contribution in [1.82, 2.24) is 14.9 Å². The van der Waals surface area contributed by atoms with Gasteiger partial charge in [-0.2, -0.15) is 0 Å². The molecule has 1 saturated heterocycles. The highest BCUT2D eigenvalue weighted by molar-refractivity contribution is 5.48. The largest absolute Gasteiger partial charge is 0.378 e. The average Bonchev–Trinajstić information content (AvgIpc) is 2.51. The first-order valence-corrected chi connectivity index (χ1v) is 7.24. The smallest absolute Gasteiger partial charge is 0.255 e. The van der Waals surface area contributed by atoms with E-state index in [0.717, 1.165) is 12.8 Å². The Morgan fingerprint density at radius 1 is 1.33 bits per heavy atom. The highest BCUT2D eigenvalue weighted by Gasteiger charge is 2.19. The van der Waals surface area contributed by atoms with E-state index in [2.05, 4.69) is 9.97 Å². The SMILES string of the molecule is CCCc1c(COC)nc(N2CCN(C=O)CC2)[nH]c1=O. The van der Waals surface area contributed by atoms with Gasteiger partial charge in [-0.05, 0) is 6.42 Å². The number of piperazine rings is 1. The van der Waals surface area contributed by atoms with Gasteiger partial charge in [0, 0.05) is 38.9 Å². The average molecular weight is 294 g/mol. The van der Waals surface area contributed by atoms with Crippen LogP contribution in [0.4, 0.5) is 5.95 Å². The molecule has 0 atom stereocenters. The molecule has 0 spiro atoms. The highest BCUT2D eigenvalue weighted by Crippen LogP contribution is 2.13. The molecule has 7 nitrogen and oxygen atoms in total. The molecule has 1 aromatic heterocycles. The normalized spacial score (nSPS) is 15.3. The topological polar surface area (TPSA) is 78.5 Å². The summed E-state index contributed by atoms with van der Waals surface area (Å²) in [7, 11) is 1.60. The van der Waals surface area contributed by atoms with Gasteiger partial charge in [-0.1, -0.05) is 13.3 Å². The Hall–Kier alpha value is -1.89. The molecule has 1 aliphatic heterocycles. The second kappa shape index (κ2) is 7.21. The van der Waals surface area contributed by atoms with Crippen LogP contribution >= 0.6 is 0 Å². The van der Waals surface area contributed by atoms with E-state index in [1.165, 1.54) is 0 Å². The number of nitrogens with one attached hydrogen (secondary N) is 1. The Morgan fingerprint density at radius 3 is 2.62 bits per heavy atom. The third-order valence-electron chi connectivity index (χ3n) is 3.63. The molecule has 21 heavy (non-hydrogen) atoms. The van der Waals surface area contributed by atoms with Crippen LogP contribution in [0.15, 0.2) is 4.79 Å². The summed E-state index contributed by atoms with van der Waals surface area (Å²) in [5.41, 5.74) is 1.32. The van der Waals surface area contributed by atoms with Crippen LogP contribution in [-0.4, -0.2) is 54.6 Å². The molecule has 0 bridgehead atoms. The molecule has 0 aliphatic carbocycles. The number of carbonyl (C=O) groups excluding carboxylic acids is 1. The number of aromatic nitrogens is 2. The van der Waals surface area contributed by atoms with E-state index in [1.54, 1.807) is 12.0 Å². The summed E-state index contributed by atoms with van der Waals surface area (Å²) in [5.74, 6) is 0.567. The first kappa shape index (κ1) is 15.5. The number of amides is 1. The monoisotopic (exact) mass is 294 g/mol. The standard InChI is InChI=1S/C14H22N4O3/c1-3-4-11-12(9-21-2)15-14(16-13(11)20)18-7-5-17(10-19)6-8-18/h10H,3-9H2,1-2H3,(H,15,16,20). The van der Waals surface area contributed by atoms with E-state index in [0.29, 0.717) is 56.4 Å². The van der Waals surface area contributed by atoms with Gasteiger partial charge in [0.05, 0.1) is 12.3 Å². The van der Waals surface area contributed by atoms with Gasteiger partial charge >= 0.3 is 0 Å². The fourth-order valence-corrected chi connectivity index (χ4v) is 2.48. The maximum atomic E-state index is 12.2. The lowest BCUT2D eigenvalue weighted by atomic mass is 10.1. The number of hydrogen-bond donors (Lipinski definition) is 1. The summed E-state index contributed by atoms with van der Waals surface area (Å²) in [6.45, 7) is 4.98. The Balaban J connectivity index is 2.24. The van der Waals surface area contributed by atoms with Crippen molar-refractivity contribution in [2.45, 2.75) is 26.4 Å². The van der Waals surface area contributed by atoms with E-state index < -0.39 is 0 Å². The van der Waals surface area contributed by atoms with Crippen molar-refractivity contribution in [3.8, 4) is 0 Å². The van der Waals surface area contributed by atoms with Crippen LogP contribution in [0.5, 0.6) is 0 Å². The Labute approximate surface area is 123 Å². The minimum absolute atomic E-state index is 0.0910. The van der Waals surface area contributed by atoms with Crippen LogP contribution in [0.2, 0.25) is 0 Å². The molecular formula is C14H22N4O3. The maximum absolute atomic E-state index is 12.2. The second-order valence-corrected chi connectivity index (χ2v) is 5.13. The van der Waals surface area contributed by atoms with E-state index in [9.17, 15) is 9.59 Å². The van der Waals surface area contributed by atoms with Crippen molar-refractivity contribution in [1.29, 1.82) is 0 Å². The number of methoxy groups -OCH3 is 1. The predicted octanol–water partition coefficient (Wildman–Crippen LogP) is 0.147. The van der Waals surface area contributed by atoms with E-state index in [4.69, 9.17) is 4.74 Å². The van der Waals surface area contributed by atoms with Crippen molar-refractivity contribution in [2.75, 3.05) is 38.2 Å². The third-order valence-corrected chi connectivity index (χ3v) is 3.63. The van der Waals surface area contributed by atoms with Crippen LogP contribution < -0.4 is 10.5 Å². The zero-order valence-electron chi connectivity index (χ0n) is 12.6. The van der Waals surface area contributed by atoms with Gasteiger partial charge in [0.25, 0.3) is 5.56 Å². The fraction of sp³-hybridized carbons (Fsp3) is 0.643. The van der Waals surface area contributed by atoms with Gasteiger partial charge < -0.3 is 14.5 Å². The number of carbonyl (C=O) groups is 1. The highest BCUT2D eigenvalue weighted by atomic mass is 16.5. The maximum Gasteiger partial charge on any atom is 0.255 e. The number of ether oxygens (including phenoxy) is 1. The Kier molecular flexibility index (Phi) is 5.32. The zero-order chi connectivity index (χ0) is 15.2. The number of H-pyrrole nitrogens is 1. The van der Waals surface area contributed by atoms with Gasteiger partial charge in [-0.3, -0.25) is 14.6 Å². The fourth-order valence-electron chi connectivity index (χ4n) is 2.48. The van der Waals surface area contributed by atoms with Crippen LogP contribution in [0.3, 0.4) is 0 Å². The molecule has 2 heterocycles. The van der Waals surface area contributed by atoms with Crippen molar-refractivity contribution < 1.29 is 9.53 Å². The molecule has 0 radical (unpaired) electrons. The summed E-state index contributed by atoms with van der Waals surface area (Å²) in [6.07, 6.45) is 2.44. The van der Waals surface area contributed by atoms with E-state index in [-0.39, 0.29) is 5.56 Å². The van der Waals surface area contributed by atoms with Crippen molar-refractivity contribution in [2.24, 2.45) is 0 Å². The molecule has 0 unspecified atom stereocenters. The predicted molar refractivity (Wildman–Crippen MR) is 79.4 cm³/mol. The first-order chi connectivity index (χ1) is 10.2. The number of rotatable bonds is 6. The van der Waals surface area contributed by atoms with Gasteiger partial charge in [-0.25, -0.2) is 4.98 Å². The lowest BCUT2D eigenvalue weighted by Gasteiger charge is -2.33. The lowest BCUT2D eigenvalue weighted by Crippen LogP contribution is -2.47. The second-order valence-electron chi connectivity index (χ2n) is 5.13. The van der Waals surface area contributed by atoms with Crippen molar-refractivity contribution in [3.05, 3.63) is 21.6 Å². The molecule has 0 aromatic carbocycles. The van der Waals surface area contributed by atoms with Crippen LogP contribution in [0, 0.1) is 0 Å². The third kappa shape index (κ3) is 3.60. The number of nitrogens with zero attached hydrogens (tertiary/aromatic N) is 3. The minimum atomic E-state index is -0.0910. The van der Waals surface area contributed by atoms with Crippen LogP contribution in [0.1, 0.15) is 24.6 Å². The molecule has 2 rings (SSSR count). The molecule has 1 N–H and O–H groups in total. The molecule has 1 aromatic rings. The van der Waals surface area contributed by atoms with Crippen molar-refractivity contribution >= 4 is 12.4 Å². The summed E-state index contributed by atoms with van der Waals surface area (Å²) in [6, 6.07) is 0. The Bertz CT molecular complexity index is 536. The molecule has 1 aliphatic rings. The summed E-state index contributed by atoms with van der Waals surface area (Å²) >= 11 is 0. The van der Waals surface area contributed by atoms with Crippen LogP contribution in [-0.2, 0) is 22.6 Å². The number of aromatic amines is 1. The van der Waals surface area contributed by atoms with E-state index in [1.807, 2.05) is 11.8 Å². The number of anilines is 1. The lowest BCUT2D eigenvalue weighted by molar-refractivity contribution is -0.118. The summed E-state index contributed by atoms with van der Waals surface area (Å²) in [5, 5.41) is 0. The summed E-state index contributed by atoms with van der Waals surface area (Å²) in [4.78, 5) is 34.1. The zero-order valence-corrected chi connectivity index (χ0v) is 12.6. The molecule has 1 fully saturated rings. The molecule has 116 valence electrons. The van der Waals surface area contributed by atoms with Gasteiger partial charge in [0.2, 0.25) is 12.4 Å². The van der Waals surface area contributed by atoms with Gasteiger partial charge in [-0.15, -0.1) is 0 Å². The van der Waals surface area contributed by atoms with Gasteiger partial charge in [0.1, 0.15) is 0 Å². The van der Waals surface area contributed by atoms with Crippen molar-refractivity contribution in [3.63, 3.8) is 0 Å². The molecular weight excluding hydrogens is 272 g/mol. The molecule has 1 amide bonds. The minimum Gasteiger partial charge on any atom is -0.378 e.